The Morgan fingerprint density at radius 3 is 2.56 bits per heavy atom. The van der Waals surface area contributed by atoms with E-state index in [0.29, 0.717) is 5.75 Å². The van der Waals surface area contributed by atoms with E-state index in [1.807, 2.05) is 26.0 Å². The lowest BCUT2D eigenvalue weighted by Crippen LogP contribution is -2.41. The molecule has 0 fully saturated rings. The Kier molecular flexibility index (Phi) is 5.22. The first-order valence-corrected chi connectivity index (χ1v) is 6.58. The number of carboxylic acid groups (broad SMARTS) is 1. The van der Waals surface area contributed by atoms with Gasteiger partial charge in [-0.2, -0.15) is 0 Å². The SMILES string of the molecule is CC(=O)N[C@@H](CSc1ccc(C)cc1C)C(=O)O. The summed E-state index contributed by atoms with van der Waals surface area (Å²) < 4.78 is 0. The monoisotopic (exact) mass is 267 g/mol. The predicted molar refractivity (Wildman–Crippen MR) is 71.9 cm³/mol. The average Bonchev–Trinajstić information content (AvgIpc) is 2.25. The third-order valence-corrected chi connectivity index (χ3v) is 3.68. The zero-order valence-corrected chi connectivity index (χ0v) is 11.5. The number of benzene rings is 1. The van der Waals surface area contributed by atoms with E-state index in [2.05, 4.69) is 11.4 Å². The molecular formula is C13H17NO3S. The second-order valence-electron chi connectivity index (χ2n) is 4.17. The molecule has 2 N–H and O–H groups in total. The molecule has 0 saturated heterocycles. The highest BCUT2D eigenvalue weighted by atomic mass is 32.2. The number of carboxylic acids is 1. The second-order valence-corrected chi connectivity index (χ2v) is 5.23. The van der Waals surface area contributed by atoms with Gasteiger partial charge in [0, 0.05) is 17.6 Å². The number of nitrogens with one attached hydrogen (secondary N) is 1. The maximum atomic E-state index is 11.0. The number of hydrogen-bond acceptors (Lipinski definition) is 3. The van der Waals surface area contributed by atoms with Crippen LogP contribution in [0.3, 0.4) is 0 Å². The summed E-state index contributed by atoms with van der Waals surface area (Å²) in [4.78, 5) is 22.9. The first kappa shape index (κ1) is 14.6. The fraction of sp³-hybridized carbons (Fsp3) is 0.385. The average molecular weight is 267 g/mol. The minimum absolute atomic E-state index is 0.318. The first-order chi connectivity index (χ1) is 8.40. The Labute approximate surface area is 111 Å². The van der Waals surface area contributed by atoms with E-state index in [-0.39, 0.29) is 5.91 Å². The van der Waals surface area contributed by atoms with Gasteiger partial charge in [-0.3, -0.25) is 4.79 Å². The molecule has 0 aliphatic carbocycles. The molecule has 0 unspecified atom stereocenters. The van der Waals surface area contributed by atoms with Crippen LogP contribution in [0.4, 0.5) is 0 Å². The van der Waals surface area contributed by atoms with Crippen LogP contribution in [0, 0.1) is 13.8 Å². The second kappa shape index (κ2) is 6.44. The number of carbonyl (C=O) groups is 2. The molecule has 0 aliphatic rings. The highest BCUT2D eigenvalue weighted by Crippen LogP contribution is 2.23. The molecular weight excluding hydrogens is 250 g/mol. The van der Waals surface area contributed by atoms with Crippen molar-refractivity contribution in [2.24, 2.45) is 0 Å². The molecule has 1 amide bonds. The van der Waals surface area contributed by atoms with Crippen molar-refractivity contribution in [2.75, 3.05) is 5.75 Å². The molecule has 0 radical (unpaired) electrons. The van der Waals surface area contributed by atoms with Gasteiger partial charge in [0.1, 0.15) is 6.04 Å². The van der Waals surface area contributed by atoms with Crippen LogP contribution in [0.25, 0.3) is 0 Å². The van der Waals surface area contributed by atoms with Crippen molar-refractivity contribution in [2.45, 2.75) is 31.7 Å². The van der Waals surface area contributed by atoms with Crippen molar-refractivity contribution >= 4 is 23.6 Å². The summed E-state index contributed by atoms with van der Waals surface area (Å²) in [6.07, 6.45) is 0. The summed E-state index contributed by atoms with van der Waals surface area (Å²) in [5, 5.41) is 11.4. The molecule has 1 rings (SSSR count). The topological polar surface area (TPSA) is 66.4 Å². The van der Waals surface area contributed by atoms with Crippen molar-refractivity contribution in [1.29, 1.82) is 0 Å². The first-order valence-electron chi connectivity index (χ1n) is 5.60. The van der Waals surface area contributed by atoms with Crippen molar-refractivity contribution in [3.8, 4) is 0 Å². The Balaban J connectivity index is 2.66. The van der Waals surface area contributed by atoms with Gasteiger partial charge in [-0.1, -0.05) is 17.7 Å². The van der Waals surface area contributed by atoms with Crippen LogP contribution < -0.4 is 5.32 Å². The Morgan fingerprint density at radius 1 is 1.39 bits per heavy atom. The Morgan fingerprint density at radius 2 is 2.06 bits per heavy atom. The van der Waals surface area contributed by atoms with Gasteiger partial charge in [-0.05, 0) is 25.5 Å². The molecule has 0 heterocycles. The smallest absolute Gasteiger partial charge is 0.327 e. The molecule has 98 valence electrons. The van der Waals surface area contributed by atoms with E-state index in [1.165, 1.54) is 24.2 Å². The van der Waals surface area contributed by atoms with Crippen LogP contribution in [0.5, 0.6) is 0 Å². The minimum atomic E-state index is -1.01. The van der Waals surface area contributed by atoms with Crippen LogP contribution in [0.2, 0.25) is 0 Å². The molecule has 0 bridgehead atoms. The summed E-state index contributed by atoms with van der Waals surface area (Å²) in [6.45, 7) is 5.32. The lowest BCUT2D eigenvalue weighted by Gasteiger charge is -2.13. The fourth-order valence-corrected chi connectivity index (χ4v) is 2.58. The number of amides is 1. The van der Waals surface area contributed by atoms with Gasteiger partial charge in [0.25, 0.3) is 0 Å². The van der Waals surface area contributed by atoms with Crippen LogP contribution in [-0.4, -0.2) is 28.8 Å². The fourth-order valence-electron chi connectivity index (χ4n) is 1.55. The van der Waals surface area contributed by atoms with E-state index >= 15 is 0 Å². The largest absolute Gasteiger partial charge is 0.480 e. The zero-order valence-electron chi connectivity index (χ0n) is 10.7. The van der Waals surface area contributed by atoms with Gasteiger partial charge >= 0.3 is 5.97 Å². The summed E-state index contributed by atoms with van der Waals surface area (Å²) in [7, 11) is 0. The molecule has 4 nitrogen and oxygen atoms in total. The third kappa shape index (κ3) is 4.41. The molecule has 0 spiro atoms. The molecule has 0 aliphatic heterocycles. The summed E-state index contributed by atoms with van der Waals surface area (Å²) >= 11 is 1.44. The van der Waals surface area contributed by atoms with Gasteiger partial charge < -0.3 is 10.4 Å². The quantitative estimate of drug-likeness (QED) is 0.801. The van der Waals surface area contributed by atoms with E-state index in [9.17, 15) is 9.59 Å². The number of thioether (sulfide) groups is 1. The highest BCUT2D eigenvalue weighted by molar-refractivity contribution is 7.99. The van der Waals surface area contributed by atoms with Crippen molar-refractivity contribution in [1.82, 2.24) is 5.32 Å². The third-order valence-electron chi connectivity index (χ3n) is 2.41. The van der Waals surface area contributed by atoms with E-state index in [4.69, 9.17) is 5.11 Å². The number of rotatable bonds is 5. The zero-order chi connectivity index (χ0) is 13.7. The Bertz CT molecular complexity index is 460. The molecule has 0 saturated carbocycles. The highest BCUT2D eigenvalue weighted by Gasteiger charge is 2.18. The van der Waals surface area contributed by atoms with Crippen LogP contribution >= 0.6 is 11.8 Å². The molecule has 5 heteroatoms. The van der Waals surface area contributed by atoms with E-state index in [0.717, 1.165) is 10.5 Å². The molecule has 1 aromatic rings. The maximum Gasteiger partial charge on any atom is 0.327 e. The maximum absolute atomic E-state index is 11.0. The lowest BCUT2D eigenvalue weighted by molar-refractivity contribution is -0.140. The van der Waals surface area contributed by atoms with Crippen LogP contribution in [0.15, 0.2) is 23.1 Å². The molecule has 18 heavy (non-hydrogen) atoms. The van der Waals surface area contributed by atoms with Crippen molar-refractivity contribution in [3.05, 3.63) is 29.3 Å². The van der Waals surface area contributed by atoms with Crippen LogP contribution in [0.1, 0.15) is 18.1 Å². The minimum Gasteiger partial charge on any atom is -0.480 e. The van der Waals surface area contributed by atoms with Gasteiger partial charge in [0.15, 0.2) is 0 Å². The van der Waals surface area contributed by atoms with Crippen molar-refractivity contribution < 1.29 is 14.7 Å². The van der Waals surface area contributed by atoms with Crippen LogP contribution in [-0.2, 0) is 9.59 Å². The summed E-state index contributed by atoms with van der Waals surface area (Å²) in [6, 6.07) is 5.16. The van der Waals surface area contributed by atoms with Gasteiger partial charge in [-0.15, -0.1) is 11.8 Å². The van der Waals surface area contributed by atoms with Gasteiger partial charge in [0.2, 0.25) is 5.91 Å². The Hall–Kier alpha value is -1.49. The molecule has 1 atom stereocenters. The lowest BCUT2D eigenvalue weighted by atomic mass is 10.2. The van der Waals surface area contributed by atoms with Gasteiger partial charge in [-0.25, -0.2) is 4.79 Å². The molecule has 0 aromatic heterocycles. The number of hydrogen-bond donors (Lipinski definition) is 2. The normalized spacial score (nSPS) is 11.9. The number of aliphatic carboxylic acids is 1. The summed E-state index contributed by atoms with van der Waals surface area (Å²) in [5.74, 6) is -1.02. The summed E-state index contributed by atoms with van der Waals surface area (Å²) in [5.41, 5.74) is 2.29. The number of aryl methyl sites for hydroxylation is 2. The van der Waals surface area contributed by atoms with E-state index in [1.54, 1.807) is 0 Å². The van der Waals surface area contributed by atoms with Crippen molar-refractivity contribution in [3.63, 3.8) is 0 Å². The number of carbonyl (C=O) groups excluding carboxylic acids is 1. The standard InChI is InChI=1S/C13H17NO3S/c1-8-4-5-12(9(2)6-8)18-7-11(13(16)17)14-10(3)15/h4-6,11H,7H2,1-3H3,(H,14,15)(H,16,17)/t11-/m0/s1. The predicted octanol–water partition coefficient (Wildman–Crippen LogP) is 1.98. The molecule has 1 aromatic carbocycles. The van der Waals surface area contributed by atoms with Gasteiger partial charge in [0.05, 0.1) is 0 Å². The van der Waals surface area contributed by atoms with E-state index < -0.39 is 12.0 Å².